The van der Waals surface area contributed by atoms with Crippen LogP contribution in [0.3, 0.4) is 0 Å². The third kappa shape index (κ3) is 3.08. The standard InChI is InChI=1S/C6H11NO2/c1-5(8)7-3-2-6-4-9-6/h6H,2-4H2,1H3,(H,7,8). The van der Waals surface area contributed by atoms with Crippen molar-refractivity contribution in [3.05, 3.63) is 0 Å². The zero-order valence-corrected chi connectivity index (χ0v) is 5.52. The molecular weight excluding hydrogens is 118 g/mol. The van der Waals surface area contributed by atoms with Crippen LogP contribution in [0.5, 0.6) is 0 Å². The van der Waals surface area contributed by atoms with Gasteiger partial charge >= 0.3 is 0 Å². The Balaban J connectivity index is 1.86. The zero-order valence-electron chi connectivity index (χ0n) is 5.52. The molecule has 9 heavy (non-hydrogen) atoms. The molecule has 3 nitrogen and oxygen atoms in total. The molecule has 1 aliphatic rings. The summed E-state index contributed by atoms with van der Waals surface area (Å²) in [6.45, 7) is 3.15. The van der Waals surface area contributed by atoms with E-state index in [0.29, 0.717) is 6.10 Å². The van der Waals surface area contributed by atoms with Crippen LogP contribution in [0, 0.1) is 0 Å². The lowest BCUT2D eigenvalue weighted by Gasteiger charge is -1.96. The first-order chi connectivity index (χ1) is 4.29. The Kier molecular flexibility index (Phi) is 2.05. The molecule has 52 valence electrons. The van der Waals surface area contributed by atoms with E-state index in [-0.39, 0.29) is 5.91 Å². The molecule has 0 radical (unpaired) electrons. The summed E-state index contributed by atoms with van der Waals surface area (Å²) in [4.78, 5) is 10.3. The van der Waals surface area contributed by atoms with Crippen molar-refractivity contribution < 1.29 is 9.53 Å². The van der Waals surface area contributed by atoms with E-state index in [1.54, 1.807) is 0 Å². The second-order valence-electron chi connectivity index (χ2n) is 2.23. The highest BCUT2D eigenvalue weighted by Gasteiger charge is 2.21. The molecule has 0 aliphatic carbocycles. The first-order valence-corrected chi connectivity index (χ1v) is 3.15. The molecule has 1 rings (SSSR count). The molecule has 1 atom stereocenters. The third-order valence-electron chi connectivity index (χ3n) is 1.24. The summed E-state index contributed by atoms with van der Waals surface area (Å²) < 4.78 is 4.94. The van der Waals surface area contributed by atoms with Crippen molar-refractivity contribution in [2.45, 2.75) is 19.4 Å². The Morgan fingerprint density at radius 2 is 2.56 bits per heavy atom. The minimum absolute atomic E-state index is 0.0376. The molecule has 0 aromatic carbocycles. The van der Waals surface area contributed by atoms with Gasteiger partial charge in [0.15, 0.2) is 0 Å². The van der Waals surface area contributed by atoms with Gasteiger partial charge in [-0.2, -0.15) is 0 Å². The van der Waals surface area contributed by atoms with Crippen LogP contribution in [-0.4, -0.2) is 25.2 Å². The van der Waals surface area contributed by atoms with Gasteiger partial charge in [-0.1, -0.05) is 0 Å². The molecular formula is C6H11NO2. The van der Waals surface area contributed by atoms with Crippen LogP contribution < -0.4 is 5.32 Å². The molecule has 1 saturated heterocycles. The lowest BCUT2D eigenvalue weighted by atomic mass is 10.3. The molecule has 1 aliphatic heterocycles. The van der Waals surface area contributed by atoms with E-state index >= 15 is 0 Å². The molecule has 0 saturated carbocycles. The monoisotopic (exact) mass is 129 g/mol. The Morgan fingerprint density at radius 3 is 3.00 bits per heavy atom. The molecule has 1 unspecified atom stereocenters. The van der Waals surface area contributed by atoms with E-state index in [0.717, 1.165) is 19.6 Å². The number of amides is 1. The van der Waals surface area contributed by atoms with Gasteiger partial charge in [0, 0.05) is 13.5 Å². The fraction of sp³-hybridized carbons (Fsp3) is 0.833. The predicted molar refractivity (Wildman–Crippen MR) is 33.0 cm³/mol. The number of hydrogen-bond acceptors (Lipinski definition) is 2. The Bertz CT molecular complexity index is 110. The predicted octanol–water partition coefficient (Wildman–Crippen LogP) is -0.0886. The van der Waals surface area contributed by atoms with E-state index < -0.39 is 0 Å². The molecule has 0 aromatic heterocycles. The quantitative estimate of drug-likeness (QED) is 0.541. The first kappa shape index (κ1) is 6.55. The number of ether oxygens (including phenoxy) is 1. The van der Waals surface area contributed by atoms with Crippen molar-refractivity contribution in [2.75, 3.05) is 13.2 Å². The summed E-state index contributed by atoms with van der Waals surface area (Å²) in [5.74, 6) is 0.0376. The fourth-order valence-electron chi connectivity index (χ4n) is 0.644. The highest BCUT2D eigenvalue weighted by Crippen LogP contribution is 2.11. The minimum Gasteiger partial charge on any atom is -0.373 e. The topological polar surface area (TPSA) is 41.6 Å². The number of rotatable bonds is 3. The highest BCUT2D eigenvalue weighted by molar-refractivity contribution is 5.72. The van der Waals surface area contributed by atoms with E-state index in [9.17, 15) is 4.79 Å². The number of nitrogens with one attached hydrogen (secondary N) is 1. The third-order valence-corrected chi connectivity index (χ3v) is 1.24. The number of carbonyl (C=O) groups excluding carboxylic acids is 1. The van der Waals surface area contributed by atoms with E-state index in [2.05, 4.69) is 5.32 Å². The fourth-order valence-corrected chi connectivity index (χ4v) is 0.644. The van der Waals surface area contributed by atoms with Crippen LogP contribution in [0.1, 0.15) is 13.3 Å². The maximum atomic E-state index is 10.3. The van der Waals surface area contributed by atoms with Crippen molar-refractivity contribution in [2.24, 2.45) is 0 Å². The summed E-state index contributed by atoms with van der Waals surface area (Å²) in [7, 11) is 0. The summed E-state index contributed by atoms with van der Waals surface area (Å²) in [5.41, 5.74) is 0. The van der Waals surface area contributed by atoms with Crippen molar-refractivity contribution in [3.63, 3.8) is 0 Å². The summed E-state index contributed by atoms with van der Waals surface area (Å²) in [6.07, 6.45) is 1.39. The molecule has 1 amide bonds. The van der Waals surface area contributed by atoms with Gasteiger partial charge in [-0.3, -0.25) is 4.79 Å². The van der Waals surface area contributed by atoms with Crippen LogP contribution in [0.4, 0.5) is 0 Å². The maximum Gasteiger partial charge on any atom is 0.216 e. The summed E-state index contributed by atoms with van der Waals surface area (Å²) >= 11 is 0. The first-order valence-electron chi connectivity index (χ1n) is 3.15. The van der Waals surface area contributed by atoms with Gasteiger partial charge in [0.2, 0.25) is 5.91 Å². The molecule has 1 N–H and O–H groups in total. The second kappa shape index (κ2) is 2.82. The van der Waals surface area contributed by atoms with Crippen molar-refractivity contribution in [1.82, 2.24) is 5.32 Å². The Labute approximate surface area is 54.4 Å². The second-order valence-corrected chi connectivity index (χ2v) is 2.23. The van der Waals surface area contributed by atoms with Gasteiger partial charge in [0.25, 0.3) is 0 Å². The van der Waals surface area contributed by atoms with Crippen LogP contribution in [0.25, 0.3) is 0 Å². The van der Waals surface area contributed by atoms with Gasteiger partial charge in [-0.05, 0) is 6.42 Å². The van der Waals surface area contributed by atoms with Gasteiger partial charge in [0.1, 0.15) is 0 Å². The molecule has 0 bridgehead atoms. The lowest BCUT2D eigenvalue weighted by molar-refractivity contribution is -0.118. The van der Waals surface area contributed by atoms with Gasteiger partial charge in [-0.15, -0.1) is 0 Å². The maximum absolute atomic E-state index is 10.3. The molecule has 1 heterocycles. The van der Waals surface area contributed by atoms with E-state index in [1.807, 2.05) is 0 Å². The highest BCUT2D eigenvalue weighted by atomic mass is 16.6. The van der Waals surface area contributed by atoms with E-state index in [4.69, 9.17) is 4.74 Å². The van der Waals surface area contributed by atoms with Gasteiger partial charge in [-0.25, -0.2) is 0 Å². The molecule has 0 aromatic rings. The van der Waals surface area contributed by atoms with Crippen molar-refractivity contribution in [1.29, 1.82) is 0 Å². The van der Waals surface area contributed by atoms with Crippen molar-refractivity contribution >= 4 is 5.91 Å². The average molecular weight is 129 g/mol. The molecule has 3 heteroatoms. The van der Waals surface area contributed by atoms with Crippen molar-refractivity contribution in [3.8, 4) is 0 Å². The molecule has 1 fully saturated rings. The minimum atomic E-state index is 0.0376. The van der Waals surface area contributed by atoms with Gasteiger partial charge in [0.05, 0.1) is 12.7 Å². The Morgan fingerprint density at radius 1 is 1.89 bits per heavy atom. The number of epoxide rings is 1. The summed E-state index contributed by atoms with van der Waals surface area (Å²) in [6, 6.07) is 0. The summed E-state index contributed by atoms with van der Waals surface area (Å²) in [5, 5.41) is 2.70. The van der Waals surface area contributed by atoms with Crippen LogP contribution in [-0.2, 0) is 9.53 Å². The number of hydrogen-bond donors (Lipinski definition) is 1. The average Bonchev–Trinajstić information content (AvgIpc) is 2.48. The normalized spacial score (nSPS) is 23.4. The molecule has 0 spiro atoms. The smallest absolute Gasteiger partial charge is 0.216 e. The van der Waals surface area contributed by atoms with Crippen LogP contribution in [0.2, 0.25) is 0 Å². The zero-order chi connectivity index (χ0) is 6.69. The van der Waals surface area contributed by atoms with E-state index in [1.165, 1.54) is 6.92 Å². The van der Waals surface area contributed by atoms with Crippen LogP contribution in [0.15, 0.2) is 0 Å². The largest absolute Gasteiger partial charge is 0.373 e. The van der Waals surface area contributed by atoms with Crippen LogP contribution >= 0.6 is 0 Å². The van der Waals surface area contributed by atoms with Gasteiger partial charge < -0.3 is 10.1 Å². The lowest BCUT2D eigenvalue weighted by Crippen LogP contribution is -2.21. The number of carbonyl (C=O) groups is 1. The SMILES string of the molecule is CC(=O)NCCC1CO1. The Hall–Kier alpha value is -0.570.